The van der Waals surface area contributed by atoms with Crippen molar-refractivity contribution in [2.75, 3.05) is 32.8 Å². The van der Waals surface area contributed by atoms with Crippen molar-refractivity contribution in [2.24, 2.45) is 9.98 Å². The summed E-state index contributed by atoms with van der Waals surface area (Å²) in [5, 5.41) is 11.2. The molecule has 0 unspecified atom stereocenters. The van der Waals surface area contributed by atoms with Gasteiger partial charge in [0.2, 0.25) is 18.1 Å². The molecule has 0 saturated carbocycles. The Balaban J connectivity index is 4.33. The molecule has 0 aliphatic heterocycles. The van der Waals surface area contributed by atoms with Gasteiger partial charge in [0, 0.05) is 19.5 Å². The molecule has 10 heteroatoms. The third-order valence-electron chi connectivity index (χ3n) is 5.25. The van der Waals surface area contributed by atoms with E-state index in [0.717, 1.165) is 70.6 Å². The molecule has 0 aliphatic rings. The average Bonchev–Trinajstić information content (AvgIpc) is 2.84. The molecule has 0 bridgehead atoms. The van der Waals surface area contributed by atoms with E-state index in [-0.39, 0.29) is 11.9 Å². The maximum absolute atomic E-state index is 12.7. The Morgan fingerprint density at radius 2 is 1.32 bits per heavy atom. The van der Waals surface area contributed by atoms with Gasteiger partial charge in [-0.25, -0.2) is 24.4 Å². The fourth-order valence-electron chi connectivity index (χ4n) is 3.37. The van der Waals surface area contributed by atoms with E-state index < -0.39 is 0 Å². The summed E-state index contributed by atoms with van der Waals surface area (Å²) in [6.45, 7) is 2.23. The topological polar surface area (TPSA) is 141 Å². The third-order valence-corrected chi connectivity index (χ3v) is 5.25. The standard InChI is InChI=1S/C24H39N5O5/c25-20-34-19-13-7-6-12-18-29(23(32)14-8-2-1-3-9-15-26-21-30)24(33)28-17-11-5-4-10-16-27-22-31/h1-19H2,(H,28,33). The Hall–Kier alpha value is -3.01. The molecule has 34 heavy (non-hydrogen) atoms. The van der Waals surface area contributed by atoms with Crippen LogP contribution < -0.4 is 5.32 Å². The van der Waals surface area contributed by atoms with Crippen molar-refractivity contribution >= 4 is 24.1 Å². The van der Waals surface area contributed by atoms with Crippen LogP contribution in [0.15, 0.2) is 9.98 Å². The van der Waals surface area contributed by atoms with Crippen LogP contribution in [-0.2, 0) is 19.1 Å². The minimum atomic E-state index is -0.352. The lowest BCUT2D eigenvalue weighted by Gasteiger charge is -2.21. The molecule has 1 N–H and O–H groups in total. The van der Waals surface area contributed by atoms with Crippen LogP contribution in [0.25, 0.3) is 0 Å². The monoisotopic (exact) mass is 477 g/mol. The van der Waals surface area contributed by atoms with Gasteiger partial charge in [-0.05, 0) is 44.9 Å². The lowest BCUT2D eigenvalue weighted by atomic mass is 10.1. The zero-order valence-electron chi connectivity index (χ0n) is 20.3. The van der Waals surface area contributed by atoms with Crippen LogP contribution in [0.3, 0.4) is 0 Å². The Morgan fingerprint density at radius 3 is 1.97 bits per heavy atom. The minimum Gasteiger partial charge on any atom is -0.428 e. The van der Waals surface area contributed by atoms with Crippen LogP contribution in [-0.4, -0.2) is 61.8 Å². The first-order valence-electron chi connectivity index (χ1n) is 12.3. The predicted molar refractivity (Wildman–Crippen MR) is 127 cm³/mol. The smallest absolute Gasteiger partial charge is 0.324 e. The fourth-order valence-corrected chi connectivity index (χ4v) is 3.37. The Bertz CT molecular complexity index is 638. The Labute approximate surface area is 202 Å². The lowest BCUT2D eigenvalue weighted by molar-refractivity contribution is -0.128. The highest BCUT2D eigenvalue weighted by molar-refractivity contribution is 5.94. The second-order valence-corrected chi connectivity index (χ2v) is 8.01. The van der Waals surface area contributed by atoms with Gasteiger partial charge in [0.1, 0.15) is 6.61 Å². The zero-order valence-corrected chi connectivity index (χ0v) is 20.3. The van der Waals surface area contributed by atoms with E-state index in [1.54, 1.807) is 6.26 Å². The number of hydrogen-bond acceptors (Lipinski definition) is 8. The van der Waals surface area contributed by atoms with Gasteiger partial charge in [-0.2, -0.15) is 5.26 Å². The molecular weight excluding hydrogens is 438 g/mol. The number of imide groups is 1. The largest absolute Gasteiger partial charge is 0.428 e. The number of aliphatic imine (C=N–C) groups is 2. The number of hydrogen-bond donors (Lipinski definition) is 1. The number of carbonyl (C=O) groups is 2. The van der Waals surface area contributed by atoms with Crippen molar-refractivity contribution in [2.45, 2.75) is 89.9 Å². The summed E-state index contributed by atoms with van der Waals surface area (Å²) in [5.41, 5.74) is 0. The normalized spacial score (nSPS) is 9.85. The van der Waals surface area contributed by atoms with Gasteiger partial charge >= 0.3 is 6.03 Å². The summed E-state index contributed by atoms with van der Waals surface area (Å²) in [6, 6.07) is -0.352. The molecule has 0 aromatic rings. The molecule has 0 aromatic heterocycles. The van der Waals surface area contributed by atoms with Gasteiger partial charge in [-0.15, -0.1) is 0 Å². The van der Waals surface area contributed by atoms with Crippen molar-refractivity contribution in [1.29, 1.82) is 5.26 Å². The summed E-state index contributed by atoms with van der Waals surface area (Å²) in [4.78, 5) is 53.8. The van der Waals surface area contributed by atoms with Crippen molar-refractivity contribution < 1.29 is 23.9 Å². The number of carbonyl (C=O) groups excluding carboxylic acids is 4. The molecule has 0 heterocycles. The number of urea groups is 1. The van der Waals surface area contributed by atoms with Crippen LogP contribution in [0.2, 0.25) is 0 Å². The van der Waals surface area contributed by atoms with Crippen molar-refractivity contribution in [3.63, 3.8) is 0 Å². The Kier molecular flexibility index (Phi) is 22.4. The molecule has 190 valence electrons. The summed E-state index contributed by atoms with van der Waals surface area (Å²) in [6.07, 6.45) is 16.0. The zero-order chi connectivity index (χ0) is 25.1. The molecule has 0 fully saturated rings. The summed E-state index contributed by atoms with van der Waals surface area (Å²) in [7, 11) is 0. The number of nitrogens with zero attached hydrogens (tertiary/aromatic N) is 4. The first-order chi connectivity index (χ1) is 16.7. The number of nitriles is 1. The number of ether oxygens (including phenoxy) is 1. The molecule has 10 nitrogen and oxygen atoms in total. The van der Waals surface area contributed by atoms with Gasteiger partial charge in [-0.1, -0.05) is 38.5 Å². The second kappa shape index (κ2) is 24.6. The molecule has 0 aromatic carbocycles. The van der Waals surface area contributed by atoms with Gasteiger partial charge < -0.3 is 10.1 Å². The summed E-state index contributed by atoms with van der Waals surface area (Å²) >= 11 is 0. The Morgan fingerprint density at radius 1 is 0.765 bits per heavy atom. The second-order valence-electron chi connectivity index (χ2n) is 8.01. The third kappa shape index (κ3) is 19.7. The van der Waals surface area contributed by atoms with E-state index in [1.807, 2.05) is 0 Å². The first kappa shape index (κ1) is 31.0. The number of amides is 3. The summed E-state index contributed by atoms with van der Waals surface area (Å²) in [5.74, 6) is -0.164. The number of unbranched alkanes of at least 4 members (excludes halogenated alkanes) is 10. The van der Waals surface area contributed by atoms with Crippen LogP contribution in [0, 0.1) is 11.5 Å². The fraction of sp³-hybridized carbons (Fsp3) is 0.792. The predicted octanol–water partition coefficient (Wildman–Crippen LogP) is 4.16. The minimum absolute atomic E-state index is 0.164. The van der Waals surface area contributed by atoms with E-state index in [2.05, 4.69) is 20.0 Å². The van der Waals surface area contributed by atoms with Crippen LogP contribution in [0.4, 0.5) is 4.79 Å². The van der Waals surface area contributed by atoms with Crippen molar-refractivity contribution in [3.8, 4) is 6.26 Å². The van der Waals surface area contributed by atoms with Crippen molar-refractivity contribution in [3.05, 3.63) is 0 Å². The first-order valence-corrected chi connectivity index (χ1v) is 12.3. The maximum Gasteiger partial charge on any atom is 0.324 e. The van der Waals surface area contributed by atoms with E-state index in [0.29, 0.717) is 52.0 Å². The quantitative estimate of drug-likeness (QED) is 0.107. The lowest BCUT2D eigenvalue weighted by Crippen LogP contribution is -2.44. The molecule has 0 atom stereocenters. The van der Waals surface area contributed by atoms with Crippen LogP contribution in [0.5, 0.6) is 0 Å². The van der Waals surface area contributed by atoms with Crippen LogP contribution in [0.1, 0.15) is 89.9 Å². The highest BCUT2D eigenvalue weighted by Crippen LogP contribution is 2.10. The van der Waals surface area contributed by atoms with E-state index in [1.165, 1.54) is 17.1 Å². The van der Waals surface area contributed by atoms with Gasteiger partial charge in [0.25, 0.3) is 6.26 Å². The molecule has 0 rings (SSSR count). The van der Waals surface area contributed by atoms with Gasteiger partial charge in [0.05, 0.1) is 13.1 Å². The molecule has 3 amide bonds. The average molecular weight is 478 g/mol. The molecule has 0 saturated heterocycles. The van der Waals surface area contributed by atoms with Crippen LogP contribution >= 0.6 is 0 Å². The molecule has 0 radical (unpaired) electrons. The number of rotatable bonds is 22. The van der Waals surface area contributed by atoms with Gasteiger partial charge in [-0.3, -0.25) is 9.69 Å². The highest BCUT2D eigenvalue weighted by Gasteiger charge is 2.20. The van der Waals surface area contributed by atoms with Gasteiger partial charge in [0.15, 0.2) is 0 Å². The van der Waals surface area contributed by atoms with E-state index in [9.17, 15) is 19.2 Å². The summed E-state index contributed by atoms with van der Waals surface area (Å²) < 4.78 is 4.65. The maximum atomic E-state index is 12.7. The SMILES string of the molecule is N#COCCCCCCN(C(=O)CCCCCCCN=C=O)C(=O)NCCCCCCN=C=O. The highest BCUT2D eigenvalue weighted by atomic mass is 16.5. The molecule has 0 spiro atoms. The van der Waals surface area contributed by atoms with E-state index >= 15 is 0 Å². The molecular formula is C24H39N5O5. The van der Waals surface area contributed by atoms with E-state index in [4.69, 9.17) is 5.26 Å². The molecule has 0 aliphatic carbocycles. The van der Waals surface area contributed by atoms with Crippen molar-refractivity contribution in [1.82, 2.24) is 10.2 Å². The number of nitrogens with one attached hydrogen (secondary N) is 1. The number of isocyanates is 2.